The molecule has 154 valence electrons. The lowest BCUT2D eigenvalue weighted by atomic mass is 9.96. The van der Waals surface area contributed by atoms with Gasteiger partial charge in [0.15, 0.2) is 0 Å². The normalized spacial score (nSPS) is 16.7. The summed E-state index contributed by atoms with van der Waals surface area (Å²) in [7, 11) is -1.85. The first-order valence-corrected chi connectivity index (χ1v) is 11.5. The van der Waals surface area contributed by atoms with Gasteiger partial charge in [-0.3, -0.25) is 9.48 Å². The number of hydrogen-bond donors (Lipinski definition) is 0. The molecule has 2 rings (SSSR count). The largest absolute Gasteiger partial charge is 0.341 e. The maximum absolute atomic E-state index is 13.2. The van der Waals surface area contributed by atoms with E-state index in [9.17, 15) is 13.2 Å². The molecule has 7 nitrogen and oxygen atoms in total. The molecule has 1 aromatic heterocycles. The molecule has 2 heterocycles. The molecule has 0 aliphatic carbocycles. The Morgan fingerprint density at radius 3 is 2.22 bits per heavy atom. The maximum atomic E-state index is 13.2. The predicted molar refractivity (Wildman–Crippen MR) is 106 cm³/mol. The zero-order valence-corrected chi connectivity index (χ0v) is 18.2. The van der Waals surface area contributed by atoms with Gasteiger partial charge in [0, 0.05) is 39.1 Å². The fourth-order valence-electron chi connectivity index (χ4n) is 3.96. The molecule has 8 heteroatoms. The summed E-state index contributed by atoms with van der Waals surface area (Å²) in [5, 5.41) is 4.25. The predicted octanol–water partition coefficient (Wildman–Crippen LogP) is 2.48. The van der Waals surface area contributed by atoms with E-state index in [1.54, 1.807) is 25.6 Å². The number of carbonyl (C=O) groups is 1. The zero-order chi connectivity index (χ0) is 20.2. The second-order valence-corrected chi connectivity index (χ2v) is 9.36. The number of amides is 1. The highest BCUT2D eigenvalue weighted by molar-refractivity contribution is 7.89. The number of rotatable bonds is 7. The van der Waals surface area contributed by atoms with Crippen LogP contribution >= 0.6 is 0 Å². The minimum Gasteiger partial charge on any atom is -0.341 e. The van der Waals surface area contributed by atoms with Crippen molar-refractivity contribution in [3.05, 3.63) is 11.4 Å². The molecule has 1 aromatic rings. The van der Waals surface area contributed by atoms with E-state index in [-0.39, 0.29) is 11.8 Å². The Labute approximate surface area is 163 Å². The molecule has 0 saturated carbocycles. The Kier molecular flexibility index (Phi) is 7.45. The number of aryl methyl sites for hydroxylation is 2. The van der Waals surface area contributed by atoms with Crippen molar-refractivity contribution in [1.29, 1.82) is 0 Å². The quantitative estimate of drug-likeness (QED) is 0.707. The van der Waals surface area contributed by atoms with Gasteiger partial charge in [-0.05, 0) is 33.1 Å². The summed E-state index contributed by atoms with van der Waals surface area (Å²) in [5.74, 6) is 0.248. The van der Waals surface area contributed by atoms with Gasteiger partial charge in [0.2, 0.25) is 15.9 Å². The smallest absolute Gasteiger partial charge is 0.246 e. The molecule has 0 N–H and O–H groups in total. The fraction of sp³-hybridized carbons (Fsp3) is 0.789. The summed E-state index contributed by atoms with van der Waals surface area (Å²) in [6.45, 7) is 9.57. The fourth-order valence-corrected chi connectivity index (χ4v) is 5.83. The van der Waals surface area contributed by atoms with E-state index >= 15 is 0 Å². The second-order valence-electron chi connectivity index (χ2n) is 7.48. The van der Waals surface area contributed by atoms with Crippen molar-refractivity contribution in [2.24, 2.45) is 13.0 Å². The highest BCUT2D eigenvalue weighted by Crippen LogP contribution is 2.25. The molecule has 1 fully saturated rings. The van der Waals surface area contributed by atoms with Gasteiger partial charge in [-0.15, -0.1) is 0 Å². The average Bonchev–Trinajstić information content (AvgIpc) is 2.80. The Morgan fingerprint density at radius 2 is 1.70 bits per heavy atom. The molecule has 0 unspecified atom stereocenters. The molecule has 0 radical (unpaired) electrons. The van der Waals surface area contributed by atoms with Crippen LogP contribution in [0.5, 0.6) is 0 Å². The number of carbonyl (C=O) groups excluding carboxylic acids is 1. The molecule has 27 heavy (non-hydrogen) atoms. The van der Waals surface area contributed by atoms with Crippen LogP contribution in [-0.4, -0.2) is 59.5 Å². The van der Waals surface area contributed by atoms with Crippen molar-refractivity contribution < 1.29 is 13.2 Å². The molecule has 1 aliphatic heterocycles. The first-order valence-electron chi connectivity index (χ1n) is 10.0. The Hall–Kier alpha value is -1.41. The van der Waals surface area contributed by atoms with Gasteiger partial charge in [0.25, 0.3) is 0 Å². The molecule has 0 aromatic carbocycles. The van der Waals surface area contributed by atoms with Gasteiger partial charge in [-0.1, -0.05) is 26.7 Å². The molecule has 1 amide bonds. The van der Waals surface area contributed by atoms with Crippen LogP contribution < -0.4 is 0 Å². The van der Waals surface area contributed by atoms with Crippen LogP contribution in [0.25, 0.3) is 0 Å². The van der Waals surface area contributed by atoms with Crippen molar-refractivity contribution in [1.82, 2.24) is 19.0 Å². The third-order valence-electron chi connectivity index (χ3n) is 5.43. The topological polar surface area (TPSA) is 75.5 Å². The van der Waals surface area contributed by atoms with E-state index in [2.05, 4.69) is 18.9 Å². The molecular weight excluding hydrogens is 364 g/mol. The highest BCUT2D eigenvalue weighted by atomic mass is 32.2. The van der Waals surface area contributed by atoms with E-state index in [1.807, 2.05) is 4.90 Å². The van der Waals surface area contributed by atoms with Gasteiger partial charge >= 0.3 is 0 Å². The van der Waals surface area contributed by atoms with Gasteiger partial charge in [0.1, 0.15) is 4.90 Å². The Balaban J connectivity index is 2.15. The van der Waals surface area contributed by atoms with Crippen molar-refractivity contribution in [2.45, 2.75) is 64.7 Å². The summed E-state index contributed by atoms with van der Waals surface area (Å²) in [5.41, 5.74) is 1.17. The third-order valence-corrected chi connectivity index (χ3v) is 7.58. The second kappa shape index (κ2) is 9.19. The van der Waals surface area contributed by atoms with E-state index in [0.29, 0.717) is 48.9 Å². The first kappa shape index (κ1) is 21.9. The van der Waals surface area contributed by atoms with E-state index in [1.165, 1.54) is 4.31 Å². The van der Waals surface area contributed by atoms with Crippen LogP contribution in [0.4, 0.5) is 0 Å². The van der Waals surface area contributed by atoms with Crippen LogP contribution in [0, 0.1) is 19.8 Å². The summed E-state index contributed by atoms with van der Waals surface area (Å²) >= 11 is 0. The van der Waals surface area contributed by atoms with Crippen molar-refractivity contribution >= 4 is 15.9 Å². The molecule has 0 bridgehead atoms. The summed E-state index contributed by atoms with van der Waals surface area (Å²) in [4.78, 5) is 15.1. The van der Waals surface area contributed by atoms with Crippen LogP contribution in [-0.2, 0) is 21.9 Å². The summed E-state index contributed by atoms with van der Waals surface area (Å²) < 4.78 is 29.5. The van der Waals surface area contributed by atoms with Gasteiger partial charge in [-0.2, -0.15) is 9.40 Å². The van der Waals surface area contributed by atoms with Gasteiger partial charge in [0.05, 0.1) is 11.4 Å². The number of hydrogen-bond acceptors (Lipinski definition) is 4. The number of aromatic nitrogens is 2. The van der Waals surface area contributed by atoms with Crippen molar-refractivity contribution in [3.8, 4) is 0 Å². The van der Waals surface area contributed by atoms with Gasteiger partial charge in [-0.25, -0.2) is 8.42 Å². The van der Waals surface area contributed by atoms with Crippen molar-refractivity contribution in [3.63, 3.8) is 0 Å². The number of sulfonamides is 1. The lowest BCUT2D eigenvalue weighted by molar-refractivity contribution is -0.135. The van der Waals surface area contributed by atoms with E-state index in [4.69, 9.17) is 0 Å². The highest BCUT2D eigenvalue weighted by Gasteiger charge is 2.33. The molecule has 0 spiro atoms. The average molecular weight is 399 g/mol. The molecular formula is C19H34N4O3S. The SMILES string of the molecule is CCCC(CCC)C(=O)N1CCCN(S(=O)(=O)c2c(C)nn(C)c2C)CC1. The minimum atomic E-state index is -3.60. The number of nitrogens with zero attached hydrogens (tertiary/aromatic N) is 4. The van der Waals surface area contributed by atoms with Crippen LogP contribution in [0.2, 0.25) is 0 Å². The third kappa shape index (κ3) is 4.71. The monoisotopic (exact) mass is 398 g/mol. The lowest BCUT2D eigenvalue weighted by Crippen LogP contribution is -2.40. The van der Waals surface area contributed by atoms with Crippen LogP contribution in [0.1, 0.15) is 57.3 Å². The summed E-state index contributed by atoms with van der Waals surface area (Å²) in [6.07, 6.45) is 4.45. The molecule has 0 atom stereocenters. The zero-order valence-electron chi connectivity index (χ0n) is 17.4. The van der Waals surface area contributed by atoms with Gasteiger partial charge < -0.3 is 4.90 Å². The van der Waals surface area contributed by atoms with E-state index in [0.717, 1.165) is 25.7 Å². The molecule has 1 aliphatic rings. The summed E-state index contributed by atoms with van der Waals surface area (Å²) in [6, 6.07) is 0. The molecule has 1 saturated heterocycles. The maximum Gasteiger partial charge on any atom is 0.246 e. The van der Waals surface area contributed by atoms with E-state index < -0.39 is 10.0 Å². The van der Waals surface area contributed by atoms with Crippen LogP contribution in [0.15, 0.2) is 4.90 Å². The Bertz CT molecular complexity index is 751. The standard InChI is InChI=1S/C19H34N4O3S/c1-6-9-17(10-7-2)19(24)22-11-8-12-23(14-13-22)27(25,26)18-15(3)20-21(5)16(18)4/h17H,6-14H2,1-5H3. The van der Waals surface area contributed by atoms with Crippen LogP contribution in [0.3, 0.4) is 0 Å². The Morgan fingerprint density at radius 1 is 1.07 bits per heavy atom. The van der Waals surface area contributed by atoms with Crippen molar-refractivity contribution in [2.75, 3.05) is 26.2 Å². The first-order chi connectivity index (χ1) is 12.7. The lowest BCUT2D eigenvalue weighted by Gasteiger charge is -2.26. The minimum absolute atomic E-state index is 0.0611.